The third-order valence-electron chi connectivity index (χ3n) is 0.302. The highest BCUT2D eigenvalue weighted by Gasteiger charge is 1.75. The van der Waals surface area contributed by atoms with Gasteiger partial charge in [-0.1, -0.05) is 11.6 Å². The van der Waals surface area contributed by atoms with Gasteiger partial charge < -0.3 is 0 Å². The van der Waals surface area contributed by atoms with Crippen LogP contribution in [0.3, 0.4) is 0 Å². The normalized spacial score (nSPS) is 11.3. The van der Waals surface area contributed by atoms with Gasteiger partial charge in [0.1, 0.15) is 0 Å². The molecular weight excluding hydrogens is 101 g/mol. The molecule has 0 fully saturated rings. The van der Waals surface area contributed by atoms with Crippen LogP contribution < -0.4 is 0 Å². The van der Waals surface area contributed by atoms with Gasteiger partial charge in [0.2, 0.25) is 0 Å². The summed E-state index contributed by atoms with van der Waals surface area (Å²) in [6.45, 7) is 1.53. The Labute approximate surface area is 40.8 Å². The maximum absolute atomic E-state index is 9.33. The first-order chi connectivity index (χ1) is 2.81. The molecule has 0 saturated heterocycles. The van der Waals surface area contributed by atoms with E-state index in [1.54, 1.807) is 0 Å². The lowest BCUT2D eigenvalue weighted by Gasteiger charge is -1.70. The Hall–Kier alpha value is -0.370. The van der Waals surface area contributed by atoms with Crippen molar-refractivity contribution in [2.24, 2.45) is 5.18 Å². The van der Waals surface area contributed by atoms with Crippen molar-refractivity contribution in [3.63, 3.8) is 0 Å². The minimum Gasteiger partial charge on any atom is -0.145 e. The van der Waals surface area contributed by atoms with Gasteiger partial charge in [-0.15, -0.1) is 4.91 Å². The largest absolute Gasteiger partial charge is 0.145 e. The van der Waals surface area contributed by atoms with Crippen molar-refractivity contribution in [1.82, 2.24) is 0 Å². The van der Waals surface area contributed by atoms with Crippen LogP contribution in [0.2, 0.25) is 0 Å². The lowest BCUT2D eigenvalue weighted by molar-refractivity contribution is 1.30. The molecule has 0 aliphatic carbocycles. The molecule has 0 atom stereocenters. The van der Waals surface area contributed by atoms with Gasteiger partial charge in [0.25, 0.3) is 0 Å². The Balaban J connectivity index is 3.50. The van der Waals surface area contributed by atoms with Gasteiger partial charge in [0, 0.05) is 5.54 Å². The summed E-state index contributed by atoms with van der Waals surface area (Å²) in [6, 6.07) is 0. The number of hydrogen-bond donors (Lipinski definition) is 0. The maximum atomic E-state index is 9.33. The van der Waals surface area contributed by atoms with Crippen LogP contribution in [0.15, 0.2) is 16.4 Å². The van der Waals surface area contributed by atoms with Crippen LogP contribution in [-0.2, 0) is 0 Å². The topological polar surface area (TPSA) is 29.4 Å². The zero-order chi connectivity index (χ0) is 4.99. The highest BCUT2D eigenvalue weighted by molar-refractivity contribution is 6.25. The van der Waals surface area contributed by atoms with Gasteiger partial charge in [0.15, 0.2) is 0 Å². The summed E-state index contributed by atoms with van der Waals surface area (Å²) in [5.41, 5.74) is 1.43. The maximum Gasteiger partial charge on any atom is 0.0930 e. The van der Waals surface area contributed by atoms with Crippen LogP contribution in [0.4, 0.5) is 0 Å². The molecule has 0 saturated carbocycles. The van der Waals surface area contributed by atoms with E-state index in [1.165, 1.54) is 6.92 Å². The molecule has 34 valence electrons. The van der Waals surface area contributed by atoms with E-state index in [2.05, 4.69) is 5.18 Å². The van der Waals surface area contributed by atoms with Crippen LogP contribution in [0, 0.1) is 4.91 Å². The van der Waals surface area contributed by atoms with E-state index >= 15 is 0 Å². The van der Waals surface area contributed by atoms with E-state index in [0.717, 1.165) is 5.54 Å². The fourth-order valence-corrected chi connectivity index (χ4v) is 0.0598. The summed E-state index contributed by atoms with van der Waals surface area (Å²) >= 11 is 5.00. The second kappa shape index (κ2) is 2.85. The quantitative estimate of drug-likeness (QED) is 0.468. The zero-order valence-corrected chi connectivity index (χ0v) is 4.07. The van der Waals surface area contributed by atoms with Crippen molar-refractivity contribution in [2.75, 3.05) is 0 Å². The Morgan fingerprint density at radius 2 is 2.50 bits per heavy atom. The molecule has 3 heteroatoms. The highest BCUT2D eigenvalue weighted by atomic mass is 35.5. The molecule has 0 amide bonds. The van der Waals surface area contributed by atoms with Gasteiger partial charge >= 0.3 is 0 Å². The number of nitroso groups, excluding NO2 is 1. The van der Waals surface area contributed by atoms with Crippen molar-refractivity contribution in [3.05, 3.63) is 16.1 Å². The third kappa shape index (κ3) is 1.91. The molecule has 0 aromatic rings. The highest BCUT2D eigenvalue weighted by Crippen LogP contribution is 1.92. The van der Waals surface area contributed by atoms with Crippen molar-refractivity contribution >= 4 is 11.6 Å². The fourth-order valence-electron chi connectivity index (χ4n) is 0.0199. The summed E-state index contributed by atoms with van der Waals surface area (Å²) in [6.07, 6.45) is 0. The van der Waals surface area contributed by atoms with E-state index < -0.39 is 0 Å². The smallest absolute Gasteiger partial charge is 0.0930 e. The molecule has 0 heterocycles. The standard InChI is InChI=1S/C3H4ClNO/c1-3(2-4)5-6/h2H,1H3/b3-2+. The minimum atomic E-state index is 0.302. The SMILES string of the molecule is C/C(=C\Cl)N=O. The molecule has 6 heavy (non-hydrogen) atoms. The number of allylic oxidation sites excluding steroid dienone is 1. The number of nitrogens with zero attached hydrogens (tertiary/aromatic N) is 1. The summed E-state index contributed by atoms with van der Waals surface area (Å²) in [5, 5.41) is 2.49. The molecule has 0 aliphatic heterocycles. The van der Waals surface area contributed by atoms with E-state index in [9.17, 15) is 4.91 Å². The molecule has 0 aliphatic rings. The molecular formula is C3H4ClNO. The van der Waals surface area contributed by atoms with Gasteiger partial charge in [-0.05, 0) is 12.1 Å². The summed E-state index contributed by atoms with van der Waals surface area (Å²) in [4.78, 5) is 9.33. The van der Waals surface area contributed by atoms with Crippen molar-refractivity contribution in [2.45, 2.75) is 6.92 Å². The predicted molar refractivity (Wildman–Crippen MR) is 25.4 cm³/mol. The Bertz CT molecular complexity index is 78.9. The first-order valence-electron chi connectivity index (χ1n) is 1.41. The second-order valence-electron chi connectivity index (χ2n) is 0.842. The van der Waals surface area contributed by atoms with Crippen LogP contribution in [-0.4, -0.2) is 0 Å². The van der Waals surface area contributed by atoms with Crippen LogP contribution in [0.25, 0.3) is 0 Å². The third-order valence-corrected chi connectivity index (χ3v) is 0.618. The van der Waals surface area contributed by atoms with Gasteiger partial charge in [-0.3, -0.25) is 0 Å². The molecule has 0 spiro atoms. The number of hydrogen-bond acceptors (Lipinski definition) is 2. The Morgan fingerprint density at radius 1 is 2.00 bits per heavy atom. The molecule has 0 aromatic carbocycles. The molecule has 0 unspecified atom stereocenters. The average Bonchev–Trinajstić information content (AvgIpc) is 1.65. The van der Waals surface area contributed by atoms with Crippen LogP contribution in [0.1, 0.15) is 6.92 Å². The number of rotatable bonds is 1. The minimum absolute atomic E-state index is 0.302. The lowest BCUT2D eigenvalue weighted by atomic mass is 10.6. The van der Waals surface area contributed by atoms with Gasteiger partial charge in [0.05, 0.1) is 5.70 Å². The monoisotopic (exact) mass is 105 g/mol. The molecule has 2 nitrogen and oxygen atoms in total. The van der Waals surface area contributed by atoms with Gasteiger partial charge in [-0.2, -0.15) is 0 Å². The average molecular weight is 106 g/mol. The number of halogens is 1. The van der Waals surface area contributed by atoms with E-state index in [-0.39, 0.29) is 0 Å². The van der Waals surface area contributed by atoms with Crippen molar-refractivity contribution in [1.29, 1.82) is 0 Å². The van der Waals surface area contributed by atoms with Crippen molar-refractivity contribution in [3.8, 4) is 0 Å². The first-order valence-corrected chi connectivity index (χ1v) is 1.85. The Morgan fingerprint density at radius 3 is 2.50 bits per heavy atom. The van der Waals surface area contributed by atoms with E-state index in [4.69, 9.17) is 11.6 Å². The van der Waals surface area contributed by atoms with E-state index in [1.807, 2.05) is 0 Å². The van der Waals surface area contributed by atoms with Crippen LogP contribution in [0.5, 0.6) is 0 Å². The molecule has 0 aromatic heterocycles. The first kappa shape index (κ1) is 5.63. The molecule has 0 rings (SSSR count). The zero-order valence-electron chi connectivity index (χ0n) is 3.31. The van der Waals surface area contributed by atoms with Crippen molar-refractivity contribution < 1.29 is 0 Å². The summed E-state index contributed by atoms with van der Waals surface area (Å²) < 4.78 is 0. The molecule has 0 N–H and O–H groups in total. The summed E-state index contributed by atoms with van der Waals surface area (Å²) in [5.74, 6) is 0. The fraction of sp³-hybridized carbons (Fsp3) is 0.333. The van der Waals surface area contributed by atoms with E-state index in [0.29, 0.717) is 5.70 Å². The molecule has 0 bridgehead atoms. The summed E-state index contributed by atoms with van der Waals surface area (Å²) in [7, 11) is 0. The second-order valence-corrected chi connectivity index (χ2v) is 1.06. The predicted octanol–water partition coefficient (Wildman–Crippen LogP) is 1.85. The van der Waals surface area contributed by atoms with Gasteiger partial charge in [-0.25, -0.2) is 0 Å². The molecule has 0 radical (unpaired) electrons. The Kier molecular flexibility index (Phi) is 2.67. The van der Waals surface area contributed by atoms with Crippen LogP contribution >= 0.6 is 11.6 Å². The lowest BCUT2D eigenvalue weighted by Crippen LogP contribution is -1.54.